The summed E-state index contributed by atoms with van der Waals surface area (Å²) in [6.07, 6.45) is 14.1. The van der Waals surface area contributed by atoms with E-state index in [1.807, 2.05) is 6.07 Å². The summed E-state index contributed by atoms with van der Waals surface area (Å²) in [5, 5.41) is 2.21. The molecule has 0 spiro atoms. The van der Waals surface area contributed by atoms with Gasteiger partial charge in [-0.3, -0.25) is 0 Å². The van der Waals surface area contributed by atoms with Gasteiger partial charge in [-0.15, -0.1) is 0 Å². The van der Waals surface area contributed by atoms with Gasteiger partial charge in [0.1, 0.15) is 5.82 Å². The molecule has 0 N–H and O–H groups in total. The summed E-state index contributed by atoms with van der Waals surface area (Å²) in [5.41, 5.74) is 1.44. The van der Waals surface area contributed by atoms with Crippen molar-refractivity contribution in [3.05, 3.63) is 47.8 Å². The topological polar surface area (TPSA) is 0 Å². The smallest absolute Gasteiger partial charge is 0.123 e. The highest BCUT2D eigenvalue weighted by Crippen LogP contribution is 2.48. The first kappa shape index (κ1) is 18.0. The lowest BCUT2D eigenvalue weighted by molar-refractivity contribution is 0.113. The monoisotopic (exact) mass is 352 g/mol. The van der Waals surface area contributed by atoms with Crippen LogP contribution in [0.5, 0.6) is 0 Å². The zero-order chi connectivity index (χ0) is 17.9. The Morgan fingerprint density at radius 2 is 1.65 bits per heavy atom. The number of hydrogen-bond donors (Lipinski definition) is 0. The average molecular weight is 353 g/mol. The molecule has 140 valence electrons. The molecular weight excluding hydrogens is 319 g/mol. The van der Waals surface area contributed by atoms with Crippen LogP contribution in [0.15, 0.2) is 36.4 Å². The Balaban J connectivity index is 1.40. The molecule has 2 saturated carbocycles. The van der Waals surface area contributed by atoms with Gasteiger partial charge in [-0.1, -0.05) is 63.3 Å². The Labute approximate surface area is 158 Å². The molecule has 0 bridgehead atoms. The van der Waals surface area contributed by atoms with Crippen LogP contribution >= 0.6 is 0 Å². The van der Waals surface area contributed by atoms with Crippen LogP contribution in [0, 0.1) is 23.6 Å². The summed E-state index contributed by atoms with van der Waals surface area (Å²) < 4.78 is 13.6. The van der Waals surface area contributed by atoms with Crippen LogP contribution in [0.2, 0.25) is 0 Å². The minimum atomic E-state index is -0.125. The van der Waals surface area contributed by atoms with Crippen LogP contribution in [0.3, 0.4) is 0 Å². The number of halogens is 1. The lowest BCUT2D eigenvalue weighted by Crippen LogP contribution is -2.30. The fourth-order valence-corrected chi connectivity index (χ4v) is 5.72. The van der Waals surface area contributed by atoms with Crippen molar-refractivity contribution in [1.82, 2.24) is 0 Å². The summed E-state index contributed by atoms with van der Waals surface area (Å²) in [6, 6.07) is 11.9. The minimum Gasteiger partial charge on any atom is -0.207 e. The predicted octanol–water partition coefficient (Wildman–Crippen LogP) is 7.86. The molecule has 4 atom stereocenters. The molecule has 1 heteroatoms. The van der Waals surface area contributed by atoms with Crippen molar-refractivity contribution < 1.29 is 4.39 Å². The number of unbranched alkanes of at least 4 members (excludes halogenated alkanes) is 2. The van der Waals surface area contributed by atoms with Crippen molar-refractivity contribution in [3.8, 4) is 0 Å². The van der Waals surface area contributed by atoms with Gasteiger partial charge in [-0.05, 0) is 84.2 Å². The van der Waals surface area contributed by atoms with Crippen molar-refractivity contribution in [3.63, 3.8) is 0 Å². The molecule has 2 fully saturated rings. The second-order valence-corrected chi connectivity index (χ2v) is 8.96. The zero-order valence-corrected chi connectivity index (χ0v) is 16.2. The molecule has 4 rings (SSSR count). The molecule has 0 heterocycles. The highest BCUT2D eigenvalue weighted by atomic mass is 19.1. The Hall–Kier alpha value is -1.37. The fourth-order valence-electron chi connectivity index (χ4n) is 5.72. The van der Waals surface area contributed by atoms with Crippen LogP contribution in [0.1, 0.15) is 82.6 Å². The molecule has 2 aliphatic rings. The van der Waals surface area contributed by atoms with Gasteiger partial charge in [-0.25, -0.2) is 4.39 Å². The quantitative estimate of drug-likeness (QED) is 0.480. The molecule has 0 nitrogen and oxygen atoms in total. The molecule has 26 heavy (non-hydrogen) atoms. The summed E-state index contributed by atoms with van der Waals surface area (Å²) in [7, 11) is 0. The lowest BCUT2D eigenvalue weighted by atomic mass is 9.63. The van der Waals surface area contributed by atoms with E-state index in [4.69, 9.17) is 0 Å². The SMILES string of the molecule is CCCCCC1CCC2CC(c3ccc4ccc(F)cc4c3)CCC2C1. The van der Waals surface area contributed by atoms with Crippen LogP contribution < -0.4 is 0 Å². The van der Waals surface area contributed by atoms with Crippen LogP contribution in [-0.4, -0.2) is 0 Å². The second kappa shape index (κ2) is 8.11. The first-order valence-corrected chi connectivity index (χ1v) is 10.9. The normalized spacial score (nSPS) is 28.8. The summed E-state index contributed by atoms with van der Waals surface area (Å²) in [6.45, 7) is 2.30. The van der Waals surface area contributed by atoms with E-state index < -0.39 is 0 Å². The van der Waals surface area contributed by atoms with Crippen molar-refractivity contribution in [2.75, 3.05) is 0 Å². The van der Waals surface area contributed by atoms with E-state index in [1.54, 1.807) is 12.1 Å². The van der Waals surface area contributed by atoms with Gasteiger partial charge in [0, 0.05) is 0 Å². The molecule has 2 aromatic carbocycles. The van der Waals surface area contributed by atoms with E-state index in [0.717, 1.165) is 28.5 Å². The van der Waals surface area contributed by atoms with Gasteiger partial charge >= 0.3 is 0 Å². The summed E-state index contributed by atoms with van der Waals surface area (Å²) in [5.74, 6) is 3.47. The number of benzene rings is 2. The lowest BCUT2D eigenvalue weighted by Gasteiger charge is -2.42. The molecule has 0 saturated heterocycles. The van der Waals surface area contributed by atoms with E-state index in [2.05, 4.69) is 25.1 Å². The van der Waals surface area contributed by atoms with Crippen molar-refractivity contribution in [1.29, 1.82) is 0 Å². The Bertz CT molecular complexity index is 734. The van der Waals surface area contributed by atoms with Gasteiger partial charge in [0.05, 0.1) is 0 Å². The van der Waals surface area contributed by atoms with Gasteiger partial charge in [-0.2, -0.15) is 0 Å². The van der Waals surface area contributed by atoms with Crippen molar-refractivity contribution in [2.45, 2.75) is 77.0 Å². The molecular formula is C25H33F. The van der Waals surface area contributed by atoms with Gasteiger partial charge in [0.25, 0.3) is 0 Å². The Kier molecular flexibility index (Phi) is 5.62. The highest BCUT2D eigenvalue weighted by molar-refractivity contribution is 5.83. The third kappa shape index (κ3) is 3.97. The average Bonchev–Trinajstić information content (AvgIpc) is 2.67. The summed E-state index contributed by atoms with van der Waals surface area (Å²) >= 11 is 0. The fraction of sp³-hybridized carbons (Fsp3) is 0.600. The van der Waals surface area contributed by atoms with Gasteiger partial charge in [0.2, 0.25) is 0 Å². The van der Waals surface area contributed by atoms with Crippen molar-refractivity contribution in [2.24, 2.45) is 17.8 Å². The molecule has 4 unspecified atom stereocenters. The molecule has 0 radical (unpaired) electrons. The maximum atomic E-state index is 13.6. The standard InChI is InChI=1S/C25H33F/c1-2-3-4-5-18-6-7-21-15-22(11-10-20(21)14-18)23-9-8-19-12-13-25(26)17-24(19)16-23/h8-9,12-13,16-18,20-22H,2-7,10-11,14-15H2,1H3. The van der Waals surface area contributed by atoms with Crippen molar-refractivity contribution >= 4 is 10.8 Å². The Morgan fingerprint density at radius 3 is 2.54 bits per heavy atom. The van der Waals surface area contributed by atoms with Crippen LogP contribution in [0.25, 0.3) is 10.8 Å². The number of rotatable bonds is 5. The number of hydrogen-bond acceptors (Lipinski definition) is 0. The van der Waals surface area contributed by atoms with Crippen LogP contribution in [-0.2, 0) is 0 Å². The molecule has 2 aromatic rings. The molecule has 0 amide bonds. The second-order valence-electron chi connectivity index (χ2n) is 8.96. The van der Waals surface area contributed by atoms with E-state index in [0.29, 0.717) is 5.92 Å². The maximum Gasteiger partial charge on any atom is 0.123 e. The highest BCUT2D eigenvalue weighted by Gasteiger charge is 2.35. The first-order valence-electron chi connectivity index (χ1n) is 10.9. The third-order valence-electron chi connectivity index (χ3n) is 7.24. The zero-order valence-electron chi connectivity index (χ0n) is 16.2. The van der Waals surface area contributed by atoms with E-state index >= 15 is 0 Å². The van der Waals surface area contributed by atoms with E-state index in [9.17, 15) is 4.39 Å². The third-order valence-corrected chi connectivity index (χ3v) is 7.24. The van der Waals surface area contributed by atoms with E-state index in [-0.39, 0.29) is 5.82 Å². The van der Waals surface area contributed by atoms with Gasteiger partial charge in [0.15, 0.2) is 0 Å². The maximum absolute atomic E-state index is 13.6. The Morgan fingerprint density at radius 1 is 0.846 bits per heavy atom. The summed E-state index contributed by atoms with van der Waals surface area (Å²) in [4.78, 5) is 0. The minimum absolute atomic E-state index is 0.125. The number of fused-ring (bicyclic) bond motifs is 2. The predicted molar refractivity (Wildman–Crippen MR) is 109 cm³/mol. The van der Waals surface area contributed by atoms with Crippen LogP contribution in [0.4, 0.5) is 4.39 Å². The molecule has 0 aliphatic heterocycles. The molecule has 0 aromatic heterocycles. The molecule has 2 aliphatic carbocycles. The first-order chi connectivity index (χ1) is 12.7. The van der Waals surface area contributed by atoms with E-state index in [1.165, 1.54) is 69.8 Å². The largest absolute Gasteiger partial charge is 0.207 e. The van der Waals surface area contributed by atoms with Gasteiger partial charge < -0.3 is 0 Å².